The van der Waals surface area contributed by atoms with Gasteiger partial charge < -0.3 is 15.0 Å². The Kier molecular flexibility index (Phi) is 12.7. The van der Waals surface area contributed by atoms with Crippen molar-refractivity contribution < 1.29 is 22.7 Å². The summed E-state index contributed by atoms with van der Waals surface area (Å²) >= 11 is 1.48. The van der Waals surface area contributed by atoms with Gasteiger partial charge in [0.2, 0.25) is 10.0 Å². The number of sulfonamides is 1. The summed E-state index contributed by atoms with van der Waals surface area (Å²) in [4.78, 5) is 30.3. The van der Waals surface area contributed by atoms with Crippen LogP contribution in [0.2, 0.25) is 0 Å². The minimum Gasteiger partial charge on any atom is -0.469 e. The van der Waals surface area contributed by atoms with Crippen LogP contribution in [0.1, 0.15) is 78.1 Å². The Morgan fingerprint density at radius 2 is 1.64 bits per heavy atom. The molecule has 0 radical (unpaired) electrons. The van der Waals surface area contributed by atoms with E-state index in [2.05, 4.69) is 33.4 Å². The number of urea groups is 1. The molecular formula is C28H48N4O5S2. The van der Waals surface area contributed by atoms with Gasteiger partial charge in [-0.3, -0.25) is 9.69 Å². The molecule has 1 saturated heterocycles. The smallest absolute Gasteiger partial charge is 0.322 e. The first kappa shape index (κ1) is 32.0. The van der Waals surface area contributed by atoms with E-state index in [9.17, 15) is 18.0 Å². The Labute approximate surface area is 239 Å². The van der Waals surface area contributed by atoms with Crippen molar-refractivity contribution in [2.45, 2.75) is 90.1 Å². The van der Waals surface area contributed by atoms with Crippen LogP contribution >= 0.6 is 11.8 Å². The van der Waals surface area contributed by atoms with E-state index in [4.69, 9.17) is 0 Å². The maximum absolute atomic E-state index is 13.6. The number of nitrogens with zero attached hydrogens (tertiary/aromatic N) is 3. The number of esters is 1. The van der Waals surface area contributed by atoms with Gasteiger partial charge in [-0.15, -0.1) is 0 Å². The average molecular weight is 585 g/mol. The predicted molar refractivity (Wildman–Crippen MR) is 158 cm³/mol. The second-order valence-electron chi connectivity index (χ2n) is 11.1. The third-order valence-corrected chi connectivity index (χ3v) is 11.1. The lowest BCUT2D eigenvalue weighted by atomic mass is 9.84. The largest absolute Gasteiger partial charge is 0.469 e. The third kappa shape index (κ3) is 9.79. The van der Waals surface area contributed by atoms with Gasteiger partial charge in [-0.25, -0.2) is 13.2 Å². The maximum atomic E-state index is 13.6. The van der Waals surface area contributed by atoms with E-state index in [0.717, 1.165) is 36.5 Å². The topological polar surface area (TPSA) is 99.3 Å². The minimum absolute atomic E-state index is 0.0137. The Morgan fingerprint density at radius 1 is 1.03 bits per heavy atom. The lowest BCUT2D eigenvalue weighted by Crippen LogP contribution is -2.52. The van der Waals surface area contributed by atoms with Gasteiger partial charge in [0.15, 0.2) is 0 Å². The van der Waals surface area contributed by atoms with E-state index >= 15 is 0 Å². The van der Waals surface area contributed by atoms with Crippen molar-refractivity contribution in [3.05, 3.63) is 22.6 Å². The summed E-state index contributed by atoms with van der Waals surface area (Å²) in [7, 11) is -2.23. The Hall–Kier alpha value is -1.56. The molecule has 1 aliphatic heterocycles. The molecule has 2 amide bonds. The molecule has 0 bridgehead atoms. The highest BCUT2D eigenvalue weighted by molar-refractivity contribution is 8.06. The number of methoxy groups -OCH3 is 1. The Morgan fingerprint density at radius 3 is 2.23 bits per heavy atom. The van der Waals surface area contributed by atoms with E-state index in [1.165, 1.54) is 55.3 Å². The Balaban J connectivity index is 1.49. The molecule has 2 saturated carbocycles. The van der Waals surface area contributed by atoms with Crippen molar-refractivity contribution in [3.63, 3.8) is 0 Å². The highest BCUT2D eigenvalue weighted by Gasteiger charge is 2.34. The van der Waals surface area contributed by atoms with Crippen molar-refractivity contribution in [3.8, 4) is 0 Å². The SMILES string of the molecule is C=C(NC(=O)N(C1CCCCC1)C1CCC(C)CC1)S/C(=C\C)CN1CCN(S(=O)(=O)CCC(=O)OC)CC1. The van der Waals surface area contributed by atoms with Gasteiger partial charge >= 0.3 is 12.0 Å². The molecule has 1 heterocycles. The van der Waals surface area contributed by atoms with E-state index < -0.39 is 16.0 Å². The van der Waals surface area contributed by atoms with Crippen molar-refractivity contribution >= 4 is 33.8 Å². The molecule has 0 atom stereocenters. The normalized spacial score (nSPS) is 24.2. The van der Waals surface area contributed by atoms with Gasteiger partial charge in [0, 0.05) is 49.7 Å². The fourth-order valence-corrected chi connectivity index (χ4v) is 8.11. The molecule has 39 heavy (non-hydrogen) atoms. The second-order valence-corrected chi connectivity index (χ2v) is 14.5. The van der Waals surface area contributed by atoms with Crippen molar-refractivity contribution in [1.82, 2.24) is 19.4 Å². The molecule has 0 spiro atoms. The summed E-state index contributed by atoms with van der Waals surface area (Å²) < 4.78 is 31.2. The number of nitrogens with one attached hydrogen (secondary N) is 1. The first-order valence-corrected chi connectivity index (χ1v) is 16.9. The van der Waals surface area contributed by atoms with Crippen LogP contribution in [0.4, 0.5) is 4.79 Å². The number of amides is 2. The summed E-state index contributed by atoms with van der Waals surface area (Å²) in [6, 6.07) is 0.611. The average Bonchev–Trinajstić information content (AvgIpc) is 2.93. The van der Waals surface area contributed by atoms with Gasteiger partial charge in [-0.1, -0.05) is 50.6 Å². The van der Waals surface area contributed by atoms with E-state index in [1.807, 2.05) is 13.0 Å². The number of carbonyl (C=O) groups is 2. The standard InChI is InChI=1S/C28H48N4O5S2/c1-5-26(21-30-16-18-31(19-17-30)39(35,36)20-15-27(33)37-4)38-23(3)29-28(34)32(24-9-7-6-8-10-24)25-13-11-22(2)12-14-25/h5,22,24-25H,3,6-21H2,1-2,4H3,(H,29,34)/b26-5-. The highest BCUT2D eigenvalue weighted by Crippen LogP contribution is 2.33. The van der Waals surface area contributed by atoms with Crippen LogP contribution in [0.25, 0.3) is 0 Å². The van der Waals surface area contributed by atoms with Crippen LogP contribution in [-0.4, -0.2) is 92.2 Å². The molecule has 3 fully saturated rings. The van der Waals surface area contributed by atoms with Gasteiger partial charge in [0.25, 0.3) is 0 Å². The van der Waals surface area contributed by atoms with Crippen molar-refractivity contribution in [2.24, 2.45) is 5.92 Å². The number of ether oxygens (including phenoxy) is 1. The van der Waals surface area contributed by atoms with Crippen LogP contribution in [0.5, 0.6) is 0 Å². The van der Waals surface area contributed by atoms with Gasteiger partial charge in [0.05, 0.1) is 24.3 Å². The van der Waals surface area contributed by atoms with Crippen molar-refractivity contribution in [1.29, 1.82) is 0 Å². The second kappa shape index (κ2) is 15.4. The van der Waals surface area contributed by atoms with Crippen LogP contribution in [0.3, 0.4) is 0 Å². The summed E-state index contributed by atoms with van der Waals surface area (Å²) in [5.41, 5.74) is 0. The number of hydrogen-bond donors (Lipinski definition) is 1. The number of carbonyl (C=O) groups excluding carboxylic acids is 2. The number of thioether (sulfide) groups is 1. The molecule has 0 unspecified atom stereocenters. The van der Waals surface area contributed by atoms with E-state index in [-0.39, 0.29) is 18.2 Å². The highest BCUT2D eigenvalue weighted by atomic mass is 32.2. The predicted octanol–water partition coefficient (Wildman–Crippen LogP) is 4.53. The van der Waals surface area contributed by atoms with Crippen LogP contribution in [-0.2, 0) is 19.6 Å². The van der Waals surface area contributed by atoms with Crippen LogP contribution in [0, 0.1) is 5.92 Å². The first-order valence-electron chi connectivity index (χ1n) is 14.5. The van der Waals surface area contributed by atoms with Gasteiger partial charge in [0.1, 0.15) is 0 Å². The number of allylic oxidation sites excluding steroid dienone is 1. The molecule has 9 nitrogen and oxygen atoms in total. The molecule has 1 N–H and O–H groups in total. The number of piperazine rings is 1. The molecule has 222 valence electrons. The molecule has 2 aliphatic carbocycles. The maximum Gasteiger partial charge on any atom is 0.322 e. The summed E-state index contributed by atoms with van der Waals surface area (Å²) in [6.07, 6.45) is 12.2. The lowest BCUT2D eigenvalue weighted by Gasteiger charge is -2.42. The van der Waals surface area contributed by atoms with Crippen molar-refractivity contribution in [2.75, 3.05) is 45.6 Å². The fourth-order valence-electron chi connectivity index (χ4n) is 5.89. The zero-order chi connectivity index (χ0) is 28.4. The number of rotatable bonds is 11. The monoisotopic (exact) mass is 584 g/mol. The quantitative estimate of drug-likeness (QED) is 0.356. The molecule has 3 aliphatic rings. The molecule has 3 rings (SSSR count). The molecule has 0 aromatic carbocycles. The van der Waals surface area contributed by atoms with Gasteiger partial charge in [-0.05, 0) is 51.4 Å². The minimum atomic E-state index is -3.49. The Bertz CT molecular complexity index is 964. The zero-order valence-electron chi connectivity index (χ0n) is 24.0. The van der Waals surface area contributed by atoms with Crippen LogP contribution in [0.15, 0.2) is 22.6 Å². The van der Waals surface area contributed by atoms with E-state index in [1.54, 1.807) is 0 Å². The first-order chi connectivity index (χ1) is 18.6. The van der Waals surface area contributed by atoms with Gasteiger partial charge in [-0.2, -0.15) is 4.31 Å². The molecule has 11 heteroatoms. The lowest BCUT2D eigenvalue weighted by molar-refractivity contribution is -0.140. The molecule has 0 aromatic rings. The summed E-state index contributed by atoms with van der Waals surface area (Å²) in [5.74, 6) is -0.0102. The summed E-state index contributed by atoms with van der Waals surface area (Å²) in [5, 5.41) is 3.74. The van der Waals surface area contributed by atoms with E-state index in [0.29, 0.717) is 49.8 Å². The van der Waals surface area contributed by atoms with Crippen LogP contribution < -0.4 is 5.32 Å². The number of hydrogen-bond acceptors (Lipinski definition) is 7. The fraction of sp³-hybridized carbons (Fsp3) is 0.786. The molecule has 0 aromatic heterocycles. The molecular weight excluding hydrogens is 536 g/mol. The third-order valence-electron chi connectivity index (χ3n) is 8.30. The zero-order valence-corrected chi connectivity index (χ0v) is 25.7. The summed E-state index contributed by atoms with van der Waals surface area (Å²) in [6.45, 7) is 11.1.